The second-order valence-corrected chi connectivity index (χ2v) is 5.11. The van der Waals surface area contributed by atoms with Gasteiger partial charge >= 0.3 is 0 Å². The molecule has 1 N–H and O–H groups in total. The van der Waals surface area contributed by atoms with Crippen molar-refractivity contribution in [1.82, 2.24) is 5.32 Å². The summed E-state index contributed by atoms with van der Waals surface area (Å²) in [6.07, 6.45) is 2.68. The number of amides is 1. The Bertz CT molecular complexity index is 543. The largest absolute Gasteiger partial charge is 0.484 e. The highest BCUT2D eigenvalue weighted by atomic mass is 16.5. The summed E-state index contributed by atoms with van der Waals surface area (Å²) in [6, 6.07) is 8.64. The van der Waals surface area contributed by atoms with Crippen LogP contribution >= 0.6 is 0 Å². The van der Waals surface area contributed by atoms with Crippen LogP contribution in [-0.2, 0) is 4.79 Å². The number of rotatable bonds is 6. The first-order chi connectivity index (χ1) is 9.57. The zero-order chi connectivity index (χ0) is 14.6. The molecule has 1 aromatic carbocycles. The molecular weight excluding hydrogens is 256 g/mol. The third kappa shape index (κ3) is 3.35. The van der Waals surface area contributed by atoms with Gasteiger partial charge in [0.2, 0.25) is 0 Å². The van der Waals surface area contributed by atoms with E-state index in [1.807, 2.05) is 0 Å². The Kier molecular flexibility index (Phi) is 4.04. The number of carbonyl (C=O) groups excluding carboxylic acids is 2. The summed E-state index contributed by atoms with van der Waals surface area (Å²) in [6.45, 7) is 1.59. The summed E-state index contributed by atoms with van der Waals surface area (Å²) < 4.78 is 5.32. The predicted molar refractivity (Wildman–Crippen MR) is 72.2 cm³/mol. The molecule has 104 valence electrons. The molecule has 1 unspecified atom stereocenters. The molecule has 0 aromatic heterocycles. The molecular formula is C15H16N2O3. The molecule has 1 aliphatic carbocycles. The van der Waals surface area contributed by atoms with Crippen LogP contribution in [0.2, 0.25) is 0 Å². The van der Waals surface area contributed by atoms with Gasteiger partial charge in [-0.1, -0.05) is 0 Å². The predicted octanol–water partition coefficient (Wildman–Crippen LogP) is 1.69. The number of carbonyl (C=O) groups is 2. The van der Waals surface area contributed by atoms with E-state index in [-0.39, 0.29) is 18.4 Å². The fourth-order valence-corrected chi connectivity index (χ4v) is 2.00. The van der Waals surface area contributed by atoms with E-state index in [1.54, 1.807) is 31.2 Å². The molecule has 0 saturated heterocycles. The number of aldehydes is 1. The van der Waals surface area contributed by atoms with Crippen molar-refractivity contribution in [3.63, 3.8) is 0 Å². The van der Waals surface area contributed by atoms with Crippen LogP contribution in [0.4, 0.5) is 0 Å². The molecule has 0 aliphatic heterocycles. The number of hydrogen-bond acceptors (Lipinski definition) is 4. The number of nitriles is 1. The van der Waals surface area contributed by atoms with Crippen LogP contribution in [0.3, 0.4) is 0 Å². The Hall–Kier alpha value is -2.35. The average molecular weight is 272 g/mol. The molecule has 2 rings (SSSR count). The Morgan fingerprint density at radius 2 is 2.15 bits per heavy atom. The fourth-order valence-electron chi connectivity index (χ4n) is 2.00. The first-order valence-electron chi connectivity index (χ1n) is 6.47. The van der Waals surface area contributed by atoms with Crippen molar-refractivity contribution >= 4 is 12.2 Å². The van der Waals surface area contributed by atoms with Crippen LogP contribution in [0.5, 0.6) is 5.75 Å². The Morgan fingerprint density at radius 1 is 1.50 bits per heavy atom. The van der Waals surface area contributed by atoms with Crippen LogP contribution < -0.4 is 10.1 Å². The van der Waals surface area contributed by atoms with E-state index in [2.05, 4.69) is 11.4 Å². The van der Waals surface area contributed by atoms with Gasteiger partial charge in [-0.3, -0.25) is 9.59 Å². The lowest BCUT2D eigenvalue weighted by Crippen LogP contribution is -2.48. The van der Waals surface area contributed by atoms with Gasteiger partial charge in [0, 0.05) is 5.56 Å². The number of hydrogen-bond donors (Lipinski definition) is 1. The minimum atomic E-state index is -0.804. The Morgan fingerprint density at radius 3 is 2.65 bits per heavy atom. The molecule has 0 heterocycles. The van der Waals surface area contributed by atoms with Gasteiger partial charge in [0.1, 0.15) is 17.6 Å². The van der Waals surface area contributed by atoms with Gasteiger partial charge in [-0.05, 0) is 49.9 Å². The van der Waals surface area contributed by atoms with E-state index < -0.39 is 5.54 Å². The summed E-state index contributed by atoms with van der Waals surface area (Å²) in [5, 5.41) is 11.9. The lowest BCUT2D eigenvalue weighted by atomic mass is 9.98. The second-order valence-electron chi connectivity index (χ2n) is 5.11. The van der Waals surface area contributed by atoms with E-state index in [9.17, 15) is 9.59 Å². The highest BCUT2D eigenvalue weighted by molar-refractivity contribution is 5.79. The van der Waals surface area contributed by atoms with Crippen molar-refractivity contribution in [2.24, 2.45) is 5.92 Å². The van der Waals surface area contributed by atoms with E-state index >= 15 is 0 Å². The normalized spacial score (nSPS) is 16.6. The van der Waals surface area contributed by atoms with Crippen LogP contribution in [-0.4, -0.2) is 24.3 Å². The molecule has 1 aromatic rings. The number of benzene rings is 1. The molecule has 1 saturated carbocycles. The van der Waals surface area contributed by atoms with Gasteiger partial charge in [-0.25, -0.2) is 0 Å². The number of nitrogens with zero attached hydrogens (tertiary/aromatic N) is 1. The quantitative estimate of drug-likeness (QED) is 0.799. The molecule has 1 amide bonds. The number of ether oxygens (including phenoxy) is 1. The SMILES string of the molecule is CC(C#N)(NC(=O)COc1ccc(C=O)cc1)C1CC1. The second kappa shape index (κ2) is 5.74. The smallest absolute Gasteiger partial charge is 0.259 e. The molecule has 20 heavy (non-hydrogen) atoms. The minimum absolute atomic E-state index is 0.148. The zero-order valence-corrected chi connectivity index (χ0v) is 11.3. The molecule has 0 radical (unpaired) electrons. The third-order valence-electron chi connectivity index (χ3n) is 3.41. The first kappa shape index (κ1) is 14.1. The summed E-state index contributed by atoms with van der Waals surface area (Å²) in [5.41, 5.74) is -0.255. The highest BCUT2D eigenvalue weighted by Gasteiger charge is 2.43. The van der Waals surface area contributed by atoms with E-state index in [4.69, 9.17) is 10.00 Å². The van der Waals surface area contributed by atoms with Crippen LogP contribution in [0.1, 0.15) is 30.1 Å². The maximum atomic E-state index is 11.8. The van der Waals surface area contributed by atoms with Gasteiger partial charge in [-0.2, -0.15) is 5.26 Å². The minimum Gasteiger partial charge on any atom is -0.484 e. The topological polar surface area (TPSA) is 79.2 Å². The van der Waals surface area contributed by atoms with E-state index in [0.29, 0.717) is 11.3 Å². The van der Waals surface area contributed by atoms with Crippen molar-refractivity contribution in [2.75, 3.05) is 6.61 Å². The van der Waals surface area contributed by atoms with Gasteiger partial charge in [0.05, 0.1) is 6.07 Å². The molecule has 1 atom stereocenters. The Labute approximate surface area is 117 Å². The molecule has 1 fully saturated rings. The summed E-state index contributed by atoms with van der Waals surface area (Å²) in [5.74, 6) is 0.430. The van der Waals surface area contributed by atoms with Crippen molar-refractivity contribution in [3.8, 4) is 11.8 Å². The van der Waals surface area contributed by atoms with E-state index in [1.165, 1.54) is 0 Å². The van der Waals surface area contributed by atoms with E-state index in [0.717, 1.165) is 19.1 Å². The van der Waals surface area contributed by atoms with Crippen molar-refractivity contribution in [2.45, 2.75) is 25.3 Å². The lowest BCUT2D eigenvalue weighted by molar-refractivity contribution is -0.124. The molecule has 5 heteroatoms. The van der Waals surface area contributed by atoms with Crippen molar-refractivity contribution < 1.29 is 14.3 Å². The highest BCUT2D eigenvalue weighted by Crippen LogP contribution is 2.39. The van der Waals surface area contributed by atoms with Crippen molar-refractivity contribution in [1.29, 1.82) is 5.26 Å². The summed E-state index contributed by atoms with van der Waals surface area (Å²) in [4.78, 5) is 22.3. The van der Waals surface area contributed by atoms with Gasteiger partial charge in [0.15, 0.2) is 6.61 Å². The van der Waals surface area contributed by atoms with Gasteiger partial charge < -0.3 is 10.1 Å². The van der Waals surface area contributed by atoms with Crippen LogP contribution in [0.25, 0.3) is 0 Å². The first-order valence-corrected chi connectivity index (χ1v) is 6.47. The molecule has 0 spiro atoms. The third-order valence-corrected chi connectivity index (χ3v) is 3.41. The molecule has 1 aliphatic rings. The van der Waals surface area contributed by atoms with Crippen LogP contribution in [0.15, 0.2) is 24.3 Å². The molecule has 0 bridgehead atoms. The fraction of sp³-hybridized carbons (Fsp3) is 0.400. The number of nitrogens with one attached hydrogen (secondary N) is 1. The summed E-state index contributed by atoms with van der Waals surface area (Å²) >= 11 is 0. The standard InChI is InChI=1S/C15H16N2O3/c1-15(10-16,12-4-5-12)17-14(19)9-20-13-6-2-11(8-18)3-7-13/h2-3,6-8,12H,4-5,9H2,1H3,(H,17,19). The monoisotopic (exact) mass is 272 g/mol. The maximum absolute atomic E-state index is 11.8. The van der Waals surface area contributed by atoms with Crippen molar-refractivity contribution in [3.05, 3.63) is 29.8 Å². The van der Waals surface area contributed by atoms with Gasteiger partial charge in [-0.15, -0.1) is 0 Å². The zero-order valence-electron chi connectivity index (χ0n) is 11.3. The van der Waals surface area contributed by atoms with Crippen LogP contribution in [0, 0.1) is 17.2 Å². The maximum Gasteiger partial charge on any atom is 0.259 e. The lowest BCUT2D eigenvalue weighted by Gasteiger charge is -2.22. The summed E-state index contributed by atoms with van der Waals surface area (Å²) in [7, 11) is 0. The van der Waals surface area contributed by atoms with Gasteiger partial charge in [0.25, 0.3) is 5.91 Å². The average Bonchev–Trinajstić information content (AvgIpc) is 3.30. The Balaban J connectivity index is 1.85. The molecule has 5 nitrogen and oxygen atoms in total.